The Balaban J connectivity index is 2.90. The average Bonchev–Trinajstić information content (AvgIpc) is 2.93. The van der Waals surface area contributed by atoms with Gasteiger partial charge in [0.25, 0.3) is 0 Å². The molecule has 0 unspecified atom stereocenters. The maximum atomic E-state index is 12.6. The van der Waals surface area contributed by atoms with Gasteiger partial charge in [-0.25, -0.2) is 25.1 Å². The number of fused-ring (bicyclic) bond motifs is 1. The summed E-state index contributed by atoms with van der Waals surface area (Å²) in [6.07, 6.45) is 0.515. The molecule has 0 atom stereocenters. The number of aromatic nitrogens is 1. The summed E-state index contributed by atoms with van der Waals surface area (Å²) in [5.74, 6) is -1.36. The highest BCUT2D eigenvalue weighted by Crippen LogP contribution is 2.33. The highest BCUT2D eigenvalue weighted by molar-refractivity contribution is 7.93. The van der Waals surface area contributed by atoms with Crippen molar-refractivity contribution in [2.75, 3.05) is 15.8 Å². The number of carbonyl (C=O) groups is 2. The third-order valence-corrected chi connectivity index (χ3v) is 8.15. The van der Waals surface area contributed by atoms with Crippen LogP contribution in [0.5, 0.6) is 0 Å². The molecule has 1 aromatic carbocycles. The third-order valence-electron chi connectivity index (χ3n) is 4.70. The van der Waals surface area contributed by atoms with Crippen LogP contribution in [0.15, 0.2) is 18.2 Å². The van der Waals surface area contributed by atoms with Crippen molar-refractivity contribution in [3.63, 3.8) is 0 Å². The Morgan fingerprint density at radius 3 is 2.14 bits per heavy atom. The second-order valence-electron chi connectivity index (χ2n) is 6.69. The summed E-state index contributed by atoms with van der Waals surface area (Å²) in [5, 5.41) is 0.296. The van der Waals surface area contributed by atoms with Crippen LogP contribution in [0.3, 0.4) is 0 Å². The fraction of sp³-hybridized carbons (Fsp3) is 0.474. The number of ketones is 1. The van der Waals surface area contributed by atoms with E-state index >= 15 is 0 Å². The van der Waals surface area contributed by atoms with Gasteiger partial charge in [0, 0.05) is 23.1 Å². The van der Waals surface area contributed by atoms with E-state index in [0.717, 1.165) is 8.28 Å². The lowest BCUT2D eigenvalue weighted by Crippen LogP contribution is -2.37. The highest BCUT2D eigenvalue weighted by Gasteiger charge is 2.29. The zero-order chi connectivity index (χ0) is 22.1. The van der Waals surface area contributed by atoms with E-state index < -0.39 is 26.0 Å². The van der Waals surface area contributed by atoms with Gasteiger partial charge in [0.1, 0.15) is 0 Å². The molecule has 0 aliphatic carbocycles. The number of nitrogens with zero attached hydrogens (tertiary/aromatic N) is 2. The molecule has 1 heterocycles. The number of sulfonamides is 1. The summed E-state index contributed by atoms with van der Waals surface area (Å²) in [7, 11) is -7.59. The van der Waals surface area contributed by atoms with Gasteiger partial charge in [-0.1, -0.05) is 6.92 Å². The number of benzene rings is 1. The van der Waals surface area contributed by atoms with E-state index in [2.05, 4.69) is 0 Å². The Bertz CT molecular complexity index is 1180. The van der Waals surface area contributed by atoms with Crippen molar-refractivity contribution in [1.82, 2.24) is 3.97 Å². The molecule has 0 spiro atoms. The number of hydrogen-bond donors (Lipinski definition) is 0. The molecule has 0 saturated carbocycles. The van der Waals surface area contributed by atoms with Crippen LogP contribution in [-0.4, -0.2) is 44.0 Å². The van der Waals surface area contributed by atoms with E-state index in [-0.39, 0.29) is 46.2 Å². The van der Waals surface area contributed by atoms with Gasteiger partial charge in [0.05, 0.1) is 22.7 Å². The molecule has 0 aliphatic heterocycles. The van der Waals surface area contributed by atoms with E-state index in [4.69, 9.17) is 0 Å². The normalized spacial score (nSPS) is 12.3. The molecule has 0 saturated heterocycles. The molecule has 1 amide bonds. The number of Topliss-reactive ketones (excluding diaryl/α,β-unsaturated/α-hetero) is 1. The lowest BCUT2D eigenvalue weighted by atomic mass is 10.1. The predicted octanol–water partition coefficient (Wildman–Crippen LogP) is 2.83. The van der Waals surface area contributed by atoms with Crippen molar-refractivity contribution in [2.24, 2.45) is 0 Å². The van der Waals surface area contributed by atoms with E-state index in [0.29, 0.717) is 11.8 Å². The Hall–Kier alpha value is -2.20. The van der Waals surface area contributed by atoms with Crippen molar-refractivity contribution >= 4 is 48.3 Å². The predicted molar refractivity (Wildman–Crippen MR) is 113 cm³/mol. The molecule has 2 aromatic rings. The third kappa shape index (κ3) is 4.09. The molecule has 160 valence electrons. The molecule has 0 fully saturated rings. The van der Waals surface area contributed by atoms with Crippen LogP contribution < -0.4 is 4.31 Å². The van der Waals surface area contributed by atoms with Gasteiger partial charge < -0.3 is 0 Å². The molecule has 10 heteroatoms. The van der Waals surface area contributed by atoms with Crippen molar-refractivity contribution in [2.45, 2.75) is 47.5 Å². The van der Waals surface area contributed by atoms with Gasteiger partial charge in [-0.05, 0) is 52.3 Å². The minimum absolute atomic E-state index is 0.0427. The number of carbonyl (C=O) groups excluding carboxylic acids is 2. The molecular weight excluding hydrogens is 416 g/mol. The lowest BCUT2D eigenvalue weighted by molar-refractivity contribution is -0.117. The van der Waals surface area contributed by atoms with Gasteiger partial charge >= 0.3 is 0 Å². The summed E-state index contributed by atoms with van der Waals surface area (Å²) in [5.41, 5.74) is 0.813. The van der Waals surface area contributed by atoms with Crippen LogP contribution in [0, 0.1) is 6.92 Å². The van der Waals surface area contributed by atoms with Crippen LogP contribution in [0.1, 0.15) is 56.6 Å². The Labute approximate surface area is 171 Å². The molecule has 29 heavy (non-hydrogen) atoms. The fourth-order valence-corrected chi connectivity index (χ4v) is 5.66. The summed E-state index contributed by atoms with van der Waals surface area (Å²) >= 11 is 0. The molecule has 0 aliphatic rings. The topological polar surface area (TPSA) is 111 Å². The molecule has 2 rings (SSSR count). The zero-order valence-corrected chi connectivity index (χ0v) is 18.9. The number of rotatable bonds is 8. The average molecular weight is 443 g/mol. The second kappa shape index (κ2) is 8.27. The van der Waals surface area contributed by atoms with Crippen LogP contribution >= 0.6 is 0 Å². The maximum absolute atomic E-state index is 12.6. The lowest BCUT2D eigenvalue weighted by Gasteiger charge is -2.22. The SMILES string of the molecule is CCCC(=O)N(c1ccc2c(c1)c(C(C)=O)c(C)n2S(=O)(=O)CC)S(=O)(=O)CC. The molecule has 0 N–H and O–H groups in total. The standard InChI is InChI=1S/C19H26N2O6S2/c1-6-9-18(23)21(29(26,27)8-3)15-10-11-17-16(12-15)19(14(5)22)13(4)20(17)28(24,25)7-2/h10-12H,6-9H2,1-5H3. The zero-order valence-electron chi connectivity index (χ0n) is 17.2. The summed E-state index contributed by atoms with van der Waals surface area (Å²) in [6, 6.07) is 4.24. The molecule has 8 nitrogen and oxygen atoms in total. The van der Waals surface area contributed by atoms with E-state index in [1.807, 2.05) is 0 Å². The Kier molecular flexibility index (Phi) is 6.58. The molecule has 0 bridgehead atoms. The van der Waals surface area contributed by atoms with Crippen molar-refractivity contribution in [3.05, 3.63) is 29.5 Å². The van der Waals surface area contributed by atoms with Crippen LogP contribution in [0.25, 0.3) is 10.9 Å². The van der Waals surface area contributed by atoms with Crippen molar-refractivity contribution in [3.8, 4) is 0 Å². The van der Waals surface area contributed by atoms with Gasteiger partial charge in [-0.3, -0.25) is 9.59 Å². The van der Waals surface area contributed by atoms with Crippen LogP contribution in [0.4, 0.5) is 5.69 Å². The maximum Gasteiger partial charge on any atom is 0.241 e. The monoisotopic (exact) mass is 442 g/mol. The van der Waals surface area contributed by atoms with E-state index in [1.165, 1.54) is 45.9 Å². The largest absolute Gasteiger partial charge is 0.294 e. The van der Waals surface area contributed by atoms with Crippen LogP contribution in [-0.2, 0) is 24.8 Å². The molecule has 0 radical (unpaired) electrons. The van der Waals surface area contributed by atoms with Gasteiger partial charge in [0.15, 0.2) is 5.78 Å². The van der Waals surface area contributed by atoms with Crippen molar-refractivity contribution in [1.29, 1.82) is 0 Å². The molecule has 1 aromatic heterocycles. The molecular formula is C19H26N2O6S2. The first-order chi connectivity index (χ1) is 13.4. The van der Waals surface area contributed by atoms with E-state index in [1.54, 1.807) is 6.92 Å². The van der Waals surface area contributed by atoms with E-state index in [9.17, 15) is 26.4 Å². The Morgan fingerprint density at radius 2 is 1.66 bits per heavy atom. The quantitative estimate of drug-likeness (QED) is 0.581. The van der Waals surface area contributed by atoms with Gasteiger partial charge in [-0.15, -0.1) is 0 Å². The summed E-state index contributed by atoms with van der Waals surface area (Å²) < 4.78 is 52.2. The fourth-order valence-electron chi connectivity index (χ4n) is 3.34. The first-order valence-corrected chi connectivity index (χ1v) is 12.6. The number of amides is 1. The van der Waals surface area contributed by atoms with Gasteiger partial charge in [-0.2, -0.15) is 0 Å². The highest BCUT2D eigenvalue weighted by atomic mass is 32.2. The number of anilines is 1. The first-order valence-electron chi connectivity index (χ1n) is 9.37. The minimum Gasteiger partial charge on any atom is -0.294 e. The Morgan fingerprint density at radius 1 is 1.03 bits per heavy atom. The first kappa shape index (κ1) is 23.1. The van der Waals surface area contributed by atoms with Crippen LogP contribution in [0.2, 0.25) is 0 Å². The summed E-state index contributed by atoms with van der Waals surface area (Å²) in [6.45, 7) is 7.56. The summed E-state index contributed by atoms with van der Waals surface area (Å²) in [4.78, 5) is 24.8. The van der Waals surface area contributed by atoms with Gasteiger partial charge in [0.2, 0.25) is 26.0 Å². The minimum atomic E-state index is -3.90. The smallest absolute Gasteiger partial charge is 0.241 e. The van der Waals surface area contributed by atoms with Crippen molar-refractivity contribution < 1.29 is 26.4 Å². The second-order valence-corrected chi connectivity index (χ2v) is 10.9. The number of hydrogen-bond acceptors (Lipinski definition) is 6.